The van der Waals surface area contributed by atoms with Gasteiger partial charge in [-0.05, 0) is 0 Å². The van der Waals surface area contributed by atoms with Gasteiger partial charge in [0.2, 0.25) is 5.78 Å². The first-order chi connectivity index (χ1) is 8.94. The van der Waals surface area contributed by atoms with E-state index in [1.54, 1.807) is 0 Å². The van der Waals surface area contributed by atoms with Crippen molar-refractivity contribution in [3.63, 3.8) is 0 Å². The van der Waals surface area contributed by atoms with Gasteiger partial charge >= 0.3 is 30.3 Å². The van der Waals surface area contributed by atoms with Gasteiger partial charge < -0.3 is 15.0 Å². The maximum absolute atomic E-state index is 12.5. The molecule has 0 aromatic carbocycles. The number of carbonyl (C=O) groups is 2. The summed E-state index contributed by atoms with van der Waals surface area (Å²) < 4.78 is 81.7. The van der Waals surface area contributed by atoms with Crippen molar-refractivity contribution in [2.45, 2.75) is 30.7 Å². The molecule has 1 aliphatic rings. The highest BCUT2D eigenvalue weighted by Crippen LogP contribution is 2.50. The molecular formula is C8H4F6N2O4. The normalized spacial score (nSPS) is 22.1. The van der Waals surface area contributed by atoms with E-state index in [1.165, 1.54) is 0 Å². The number of halogens is 6. The number of hydrogen-bond donors (Lipinski definition) is 0. The second-order valence-corrected chi connectivity index (χ2v) is 3.55. The zero-order valence-electron chi connectivity index (χ0n) is 9.16. The van der Waals surface area contributed by atoms with Gasteiger partial charge in [-0.1, -0.05) is 0 Å². The van der Waals surface area contributed by atoms with E-state index in [1.807, 2.05) is 0 Å². The van der Waals surface area contributed by atoms with E-state index in [4.69, 9.17) is 5.53 Å². The van der Waals surface area contributed by atoms with Crippen molar-refractivity contribution in [2.24, 2.45) is 0 Å². The first-order valence-corrected chi connectivity index (χ1v) is 4.69. The lowest BCUT2D eigenvalue weighted by Crippen LogP contribution is -2.58. The maximum Gasteiger partial charge on any atom is 0.465 e. The van der Waals surface area contributed by atoms with Crippen LogP contribution >= 0.6 is 0 Å². The summed E-state index contributed by atoms with van der Waals surface area (Å²) in [4.78, 5) is 24.1. The molecule has 1 saturated heterocycles. The molecule has 1 rings (SSSR count). The summed E-state index contributed by atoms with van der Waals surface area (Å²) in [5.74, 6) is -8.34. The summed E-state index contributed by atoms with van der Waals surface area (Å²) in [5.41, 5.74) is 7.97. The van der Waals surface area contributed by atoms with Crippen molar-refractivity contribution < 1.29 is 50.2 Å². The summed E-state index contributed by atoms with van der Waals surface area (Å²) in [6.45, 7) is 0. The topological polar surface area (TPSA) is 89.0 Å². The number of rotatable bonds is 3. The summed E-state index contributed by atoms with van der Waals surface area (Å²) in [6.07, 6.45) is -15.6. The minimum atomic E-state index is -6.08. The van der Waals surface area contributed by atoms with Crippen molar-refractivity contribution in [1.82, 2.24) is 0 Å². The lowest BCUT2D eigenvalue weighted by molar-refractivity contribution is -0.439. The molecule has 0 radical (unpaired) electrons. The Hall–Kier alpha value is -1.94. The number of ether oxygens (including phenoxy) is 2. The van der Waals surface area contributed by atoms with Crippen LogP contribution in [0, 0.1) is 0 Å². The van der Waals surface area contributed by atoms with Crippen LogP contribution in [0.4, 0.5) is 26.3 Å². The summed E-state index contributed by atoms with van der Waals surface area (Å²) >= 11 is 0. The number of ketones is 1. The predicted molar refractivity (Wildman–Crippen MR) is 45.1 cm³/mol. The van der Waals surface area contributed by atoms with Crippen LogP contribution in [0.2, 0.25) is 0 Å². The van der Waals surface area contributed by atoms with Gasteiger partial charge in [-0.3, -0.25) is 4.79 Å². The van der Waals surface area contributed by atoms with Crippen LogP contribution in [0.1, 0.15) is 6.42 Å². The molecule has 12 heteroatoms. The Morgan fingerprint density at radius 3 is 2.15 bits per heavy atom. The molecule has 0 aromatic heterocycles. The van der Waals surface area contributed by atoms with Gasteiger partial charge in [0.25, 0.3) is 0 Å². The number of hydrogen-bond acceptors (Lipinski definition) is 4. The molecule has 0 unspecified atom stereocenters. The highest BCUT2D eigenvalue weighted by molar-refractivity contribution is 6.25. The number of cyclic esters (lactones) is 1. The third-order valence-electron chi connectivity index (χ3n) is 2.15. The third kappa shape index (κ3) is 2.65. The van der Waals surface area contributed by atoms with E-state index in [9.17, 15) is 35.9 Å². The molecule has 0 bridgehead atoms. The van der Waals surface area contributed by atoms with Crippen molar-refractivity contribution in [1.29, 1.82) is 0 Å². The first-order valence-electron chi connectivity index (χ1n) is 4.69. The van der Waals surface area contributed by atoms with Crippen molar-refractivity contribution in [3.8, 4) is 0 Å². The van der Waals surface area contributed by atoms with E-state index in [0.29, 0.717) is 0 Å². The minimum Gasteiger partial charge on any atom is -0.414 e. The number of carbonyl (C=O) groups excluding carboxylic acids is 2. The van der Waals surface area contributed by atoms with Crippen LogP contribution in [0.25, 0.3) is 5.53 Å². The Kier molecular flexibility index (Phi) is 3.92. The van der Waals surface area contributed by atoms with Crippen LogP contribution in [0.15, 0.2) is 0 Å². The van der Waals surface area contributed by atoms with Crippen molar-refractivity contribution in [2.75, 3.05) is 0 Å². The van der Waals surface area contributed by atoms with Gasteiger partial charge in [0.05, 0.1) is 6.42 Å². The van der Waals surface area contributed by atoms with E-state index >= 15 is 0 Å². The van der Waals surface area contributed by atoms with E-state index in [2.05, 4.69) is 14.3 Å². The Labute approximate surface area is 105 Å². The second-order valence-electron chi connectivity index (χ2n) is 3.55. The van der Waals surface area contributed by atoms with Gasteiger partial charge in [-0.2, -0.15) is 31.1 Å². The van der Waals surface area contributed by atoms with Crippen LogP contribution in [-0.4, -0.2) is 47.0 Å². The monoisotopic (exact) mass is 306 g/mol. The molecule has 0 aliphatic carbocycles. The van der Waals surface area contributed by atoms with Crippen molar-refractivity contribution >= 4 is 18.0 Å². The SMILES string of the molecule is [N-]=[N+]=CC(=O)C[C@@H]1OC(C(F)(F)F)(C(F)(F)F)OC1=O. The Morgan fingerprint density at radius 1 is 1.30 bits per heavy atom. The zero-order valence-corrected chi connectivity index (χ0v) is 9.16. The number of nitrogens with zero attached hydrogens (tertiary/aromatic N) is 2. The van der Waals surface area contributed by atoms with Crippen LogP contribution in [0.3, 0.4) is 0 Å². The third-order valence-corrected chi connectivity index (χ3v) is 2.15. The molecule has 0 aromatic rings. The maximum atomic E-state index is 12.5. The molecule has 20 heavy (non-hydrogen) atoms. The van der Waals surface area contributed by atoms with Crippen LogP contribution in [-0.2, 0) is 19.1 Å². The molecule has 0 N–H and O–H groups in total. The van der Waals surface area contributed by atoms with Crippen LogP contribution < -0.4 is 0 Å². The molecule has 0 amide bonds. The Bertz CT molecular complexity index is 464. The highest BCUT2D eigenvalue weighted by atomic mass is 19.4. The molecule has 112 valence electrons. The fraction of sp³-hybridized carbons (Fsp3) is 0.625. The molecule has 1 heterocycles. The number of esters is 1. The van der Waals surface area contributed by atoms with Crippen LogP contribution in [0.5, 0.6) is 0 Å². The fourth-order valence-electron chi connectivity index (χ4n) is 1.31. The summed E-state index contributed by atoms with van der Waals surface area (Å²) in [5, 5.41) is 0. The number of Topliss-reactive ketones (excluding diaryl/α,β-unsaturated/α-hetero) is 1. The first kappa shape index (κ1) is 16.1. The largest absolute Gasteiger partial charge is 0.465 e. The molecule has 1 atom stereocenters. The average Bonchev–Trinajstić information content (AvgIpc) is 2.56. The molecule has 1 aliphatic heterocycles. The molecular weight excluding hydrogens is 302 g/mol. The smallest absolute Gasteiger partial charge is 0.414 e. The van der Waals surface area contributed by atoms with E-state index in [-0.39, 0.29) is 6.21 Å². The lowest BCUT2D eigenvalue weighted by Gasteiger charge is -2.30. The Balaban J connectivity index is 3.08. The van der Waals surface area contributed by atoms with Gasteiger partial charge in [0.1, 0.15) is 0 Å². The number of alkyl halides is 6. The molecule has 0 saturated carbocycles. The van der Waals surface area contributed by atoms with Crippen molar-refractivity contribution in [3.05, 3.63) is 5.53 Å². The van der Waals surface area contributed by atoms with Gasteiger partial charge in [0.15, 0.2) is 6.10 Å². The van der Waals surface area contributed by atoms with Gasteiger partial charge in [-0.15, -0.1) is 0 Å². The second kappa shape index (κ2) is 4.87. The minimum absolute atomic E-state index is 0.192. The standard InChI is InChI=1S/C8H4F6N2O4/c9-7(10,11)6(8(12,13)14)19-4(5(18)20-6)1-3(17)2-16-15/h2,4H,1H2/t4-/m0/s1. The Morgan fingerprint density at radius 2 is 1.80 bits per heavy atom. The van der Waals surface area contributed by atoms with E-state index < -0.39 is 42.4 Å². The highest BCUT2D eigenvalue weighted by Gasteiger charge is 2.80. The average molecular weight is 306 g/mol. The molecule has 6 nitrogen and oxygen atoms in total. The lowest BCUT2D eigenvalue weighted by atomic mass is 10.2. The van der Waals surface area contributed by atoms with E-state index in [0.717, 1.165) is 0 Å². The van der Waals surface area contributed by atoms with Gasteiger partial charge in [-0.25, -0.2) is 4.79 Å². The summed E-state index contributed by atoms with van der Waals surface area (Å²) in [7, 11) is 0. The fourth-order valence-corrected chi connectivity index (χ4v) is 1.31. The quantitative estimate of drug-likeness (QED) is 0.256. The zero-order chi connectivity index (χ0) is 15.8. The molecule has 1 fully saturated rings. The predicted octanol–water partition coefficient (Wildman–Crippen LogP) is 1.01. The summed E-state index contributed by atoms with van der Waals surface area (Å²) in [6, 6.07) is 0. The van der Waals surface area contributed by atoms with Gasteiger partial charge in [0, 0.05) is 0 Å². The molecule has 0 spiro atoms.